The van der Waals surface area contributed by atoms with Crippen molar-refractivity contribution in [2.45, 2.75) is 38.9 Å². The van der Waals surface area contributed by atoms with Crippen molar-refractivity contribution in [1.82, 2.24) is 20.2 Å². The Kier molecular flexibility index (Phi) is 5.65. The standard InChI is InChI=1S/C16H23N5OS/c1-10(2)12(4)18-14(22)9-23-16-20-19-15(21(16)17)13-7-5-11(3)6-8-13/h5-8,10,12H,9,17H2,1-4H3,(H,18,22). The maximum absolute atomic E-state index is 11.9. The summed E-state index contributed by atoms with van der Waals surface area (Å²) in [5.74, 6) is 7.27. The molecule has 2 aromatic rings. The normalized spacial score (nSPS) is 12.4. The van der Waals surface area contributed by atoms with Crippen molar-refractivity contribution in [3.8, 4) is 11.4 Å². The summed E-state index contributed by atoms with van der Waals surface area (Å²) >= 11 is 1.28. The Morgan fingerprint density at radius 2 is 1.91 bits per heavy atom. The Bertz CT molecular complexity index is 666. The molecule has 3 N–H and O–H groups in total. The molecule has 0 aliphatic heterocycles. The quantitative estimate of drug-likeness (QED) is 0.625. The van der Waals surface area contributed by atoms with E-state index in [0.717, 1.165) is 5.56 Å². The fraction of sp³-hybridized carbons (Fsp3) is 0.438. The molecule has 0 aliphatic carbocycles. The van der Waals surface area contributed by atoms with Crippen molar-refractivity contribution in [2.75, 3.05) is 11.6 Å². The van der Waals surface area contributed by atoms with E-state index in [9.17, 15) is 4.79 Å². The van der Waals surface area contributed by atoms with E-state index in [0.29, 0.717) is 16.9 Å². The number of rotatable bonds is 6. The number of benzene rings is 1. The molecule has 0 spiro atoms. The maximum atomic E-state index is 11.9. The van der Waals surface area contributed by atoms with Crippen LogP contribution in [0.2, 0.25) is 0 Å². The number of nitrogens with two attached hydrogens (primary N) is 1. The molecule has 0 bridgehead atoms. The smallest absolute Gasteiger partial charge is 0.230 e. The first-order chi connectivity index (χ1) is 10.9. The molecule has 1 heterocycles. The van der Waals surface area contributed by atoms with Crippen molar-refractivity contribution in [3.63, 3.8) is 0 Å². The predicted octanol–water partition coefficient (Wildman–Crippen LogP) is 2.22. The minimum Gasteiger partial charge on any atom is -0.353 e. The second-order valence-electron chi connectivity index (χ2n) is 5.93. The monoisotopic (exact) mass is 333 g/mol. The van der Waals surface area contributed by atoms with Gasteiger partial charge in [0.1, 0.15) is 0 Å². The fourth-order valence-electron chi connectivity index (χ4n) is 1.87. The van der Waals surface area contributed by atoms with E-state index >= 15 is 0 Å². The van der Waals surface area contributed by atoms with Crippen molar-refractivity contribution < 1.29 is 4.79 Å². The van der Waals surface area contributed by atoms with Gasteiger partial charge >= 0.3 is 0 Å². The number of carbonyl (C=O) groups is 1. The van der Waals surface area contributed by atoms with E-state index in [-0.39, 0.29) is 17.7 Å². The second-order valence-corrected chi connectivity index (χ2v) is 6.87. The van der Waals surface area contributed by atoms with Crippen molar-refractivity contribution in [2.24, 2.45) is 5.92 Å². The first-order valence-corrected chi connectivity index (χ1v) is 8.56. The number of nitrogens with one attached hydrogen (secondary N) is 1. The zero-order valence-electron chi connectivity index (χ0n) is 13.9. The first kappa shape index (κ1) is 17.3. The summed E-state index contributed by atoms with van der Waals surface area (Å²) in [5.41, 5.74) is 2.07. The van der Waals surface area contributed by atoms with E-state index in [4.69, 9.17) is 5.84 Å². The van der Waals surface area contributed by atoms with Gasteiger partial charge in [0.25, 0.3) is 0 Å². The largest absolute Gasteiger partial charge is 0.353 e. The lowest BCUT2D eigenvalue weighted by molar-refractivity contribution is -0.119. The van der Waals surface area contributed by atoms with Gasteiger partial charge in [-0.15, -0.1) is 10.2 Å². The molecule has 6 nitrogen and oxygen atoms in total. The van der Waals surface area contributed by atoms with Crippen molar-refractivity contribution >= 4 is 17.7 Å². The van der Waals surface area contributed by atoms with Crippen LogP contribution >= 0.6 is 11.8 Å². The summed E-state index contributed by atoms with van der Waals surface area (Å²) in [7, 11) is 0. The number of aryl methyl sites for hydroxylation is 1. The second kappa shape index (κ2) is 7.50. The summed E-state index contributed by atoms with van der Waals surface area (Å²) in [4.78, 5) is 11.9. The Hall–Kier alpha value is -2.02. The average molecular weight is 333 g/mol. The Morgan fingerprint density at radius 1 is 1.26 bits per heavy atom. The van der Waals surface area contributed by atoms with Crippen LogP contribution in [0.3, 0.4) is 0 Å². The van der Waals surface area contributed by atoms with Gasteiger partial charge in [-0.05, 0) is 19.8 Å². The third-order valence-corrected chi connectivity index (χ3v) is 4.64. The van der Waals surface area contributed by atoms with Gasteiger partial charge in [-0.25, -0.2) is 4.68 Å². The van der Waals surface area contributed by atoms with Gasteiger partial charge in [0.05, 0.1) is 5.75 Å². The molecule has 1 aromatic heterocycles. The van der Waals surface area contributed by atoms with Crippen LogP contribution in [0.15, 0.2) is 29.4 Å². The van der Waals surface area contributed by atoms with Gasteiger partial charge in [-0.1, -0.05) is 55.4 Å². The lowest BCUT2D eigenvalue weighted by atomic mass is 10.1. The summed E-state index contributed by atoms with van der Waals surface area (Å²) in [6, 6.07) is 8.04. The van der Waals surface area contributed by atoms with E-state index < -0.39 is 0 Å². The molecule has 0 saturated carbocycles. The van der Waals surface area contributed by atoms with Gasteiger partial charge < -0.3 is 11.2 Å². The number of amides is 1. The van der Waals surface area contributed by atoms with Crippen LogP contribution in [0.25, 0.3) is 11.4 Å². The predicted molar refractivity (Wildman–Crippen MR) is 93.5 cm³/mol. The number of thioether (sulfide) groups is 1. The van der Waals surface area contributed by atoms with Gasteiger partial charge in [0.2, 0.25) is 11.1 Å². The average Bonchev–Trinajstić information content (AvgIpc) is 2.87. The zero-order chi connectivity index (χ0) is 17.0. The molecule has 1 atom stereocenters. The highest BCUT2D eigenvalue weighted by Crippen LogP contribution is 2.21. The molecular formula is C16H23N5OS. The maximum Gasteiger partial charge on any atom is 0.230 e. The molecule has 1 unspecified atom stereocenters. The molecule has 124 valence electrons. The summed E-state index contributed by atoms with van der Waals surface area (Å²) < 4.78 is 1.43. The number of hydrogen-bond acceptors (Lipinski definition) is 5. The first-order valence-electron chi connectivity index (χ1n) is 7.58. The highest BCUT2D eigenvalue weighted by Gasteiger charge is 2.15. The van der Waals surface area contributed by atoms with Crippen LogP contribution in [-0.4, -0.2) is 32.6 Å². The van der Waals surface area contributed by atoms with Crippen LogP contribution in [-0.2, 0) is 4.79 Å². The molecule has 23 heavy (non-hydrogen) atoms. The lowest BCUT2D eigenvalue weighted by Gasteiger charge is -2.16. The van der Waals surface area contributed by atoms with Crippen LogP contribution in [0.5, 0.6) is 0 Å². The van der Waals surface area contributed by atoms with Crippen LogP contribution in [0, 0.1) is 12.8 Å². The summed E-state index contributed by atoms with van der Waals surface area (Å²) in [5, 5.41) is 11.7. The minimum absolute atomic E-state index is 0.0314. The molecule has 0 saturated heterocycles. The third kappa shape index (κ3) is 4.48. The number of nitrogen functional groups attached to an aromatic ring is 1. The fourth-order valence-corrected chi connectivity index (χ4v) is 2.53. The Balaban J connectivity index is 2.00. The molecule has 0 aliphatic rings. The zero-order valence-corrected chi connectivity index (χ0v) is 14.7. The number of nitrogens with zero attached hydrogens (tertiary/aromatic N) is 3. The molecule has 1 amide bonds. The van der Waals surface area contributed by atoms with E-state index in [1.54, 1.807) is 0 Å². The van der Waals surface area contributed by atoms with E-state index in [1.807, 2.05) is 38.1 Å². The Morgan fingerprint density at radius 3 is 2.52 bits per heavy atom. The van der Waals surface area contributed by atoms with Gasteiger partial charge in [0, 0.05) is 11.6 Å². The minimum atomic E-state index is -0.0314. The third-order valence-electron chi connectivity index (χ3n) is 3.70. The highest BCUT2D eigenvalue weighted by molar-refractivity contribution is 7.99. The Labute approximate surface area is 140 Å². The molecule has 1 aromatic carbocycles. The molecule has 0 fully saturated rings. The molecular weight excluding hydrogens is 310 g/mol. The van der Waals surface area contributed by atoms with Crippen LogP contribution in [0.1, 0.15) is 26.3 Å². The summed E-state index contributed by atoms with van der Waals surface area (Å²) in [6.45, 7) is 8.16. The number of aromatic nitrogens is 3. The topological polar surface area (TPSA) is 85.8 Å². The number of carbonyl (C=O) groups excluding carboxylic acids is 1. The highest BCUT2D eigenvalue weighted by atomic mass is 32.2. The van der Waals surface area contributed by atoms with Gasteiger partial charge in [-0.3, -0.25) is 4.79 Å². The molecule has 2 rings (SSSR count). The molecule has 7 heteroatoms. The van der Waals surface area contributed by atoms with Crippen LogP contribution in [0.4, 0.5) is 0 Å². The number of hydrogen-bond donors (Lipinski definition) is 2. The van der Waals surface area contributed by atoms with E-state index in [1.165, 1.54) is 22.0 Å². The van der Waals surface area contributed by atoms with Gasteiger partial charge in [0.15, 0.2) is 5.82 Å². The van der Waals surface area contributed by atoms with Crippen molar-refractivity contribution in [1.29, 1.82) is 0 Å². The van der Waals surface area contributed by atoms with Crippen LogP contribution < -0.4 is 11.2 Å². The SMILES string of the molecule is Cc1ccc(-c2nnc(SCC(=O)NC(C)C(C)C)n2N)cc1. The van der Waals surface area contributed by atoms with E-state index in [2.05, 4.69) is 29.4 Å². The molecule has 0 radical (unpaired) electrons. The van der Waals surface area contributed by atoms with Crippen molar-refractivity contribution in [3.05, 3.63) is 29.8 Å². The van der Waals surface area contributed by atoms with Gasteiger partial charge in [-0.2, -0.15) is 0 Å². The summed E-state index contributed by atoms with van der Waals surface area (Å²) in [6.07, 6.45) is 0. The lowest BCUT2D eigenvalue weighted by Crippen LogP contribution is -2.37.